The third-order valence-electron chi connectivity index (χ3n) is 6.98. The van der Waals surface area contributed by atoms with Gasteiger partial charge in [0.2, 0.25) is 0 Å². The molecule has 0 amide bonds. The quantitative estimate of drug-likeness (QED) is 0.220. The van der Waals surface area contributed by atoms with Crippen LogP contribution in [0.25, 0.3) is 62.6 Å². The molecule has 0 spiro atoms. The molecule has 0 aliphatic heterocycles. The van der Waals surface area contributed by atoms with E-state index in [4.69, 9.17) is 0 Å². The number of hydrogen-bond acceptors (Lipinski definition) is 2. The topological polar surface area (TPSA) is 0 Å². The van der Waals surface area contributed by atoms with Crippen molar-refractivity contribution in [3.8, 4) is 20.9 Å². The highest BCUT2D eigenvalue weighted by molar-refractivity contribution is 7.23. The van der Waals surface area contributed by atoms with Crippen molar-refractivity contribution >= 4 is 64.4 Å². The second-order valence-electron chi connectivity index (χ2n) is 9.09. The maximum atomic E-state index is 2.39. The van der Waals surface area contributed by atoms with Gasteiger partial charge in [-0.25, -0.2) is 0 Å². The first-order valence-corrected chi connectivity index (χ1v) is 13.2. The Kier molecular flexibility index (Phi) is 4.42. The molecule has 0 aliphatic rings. The van der Waals surface area contributed by atoms with Gasteiger partial charge in [-0.05, 0) is 105 Å². The van der Waals surface area contributed by atoms with Gasteiger partial charge in [-0.1, -0.05) is 60.7 Å². The molecule has 0 radical (unpaired) electrons. The molecule has 0 fully saturated rings. The molecule has 34 heavy (non-hydrogen) atoms. The van der Waals surface area contributed by atoms with Crippen molar-refractivity contribution in [2.75, 3.05) is 0 Å². The summed E-state index contributed by atoms with van der Waals surface area (Å²) in [5.41, 5.74) is 5.37. The van der Waals surface area contributed by atoms with Crippen molar-refractivity contribution < 1.29 is 0 Å². The van der Waals surface area contributed by atoms with E-state index in [9.17, 15) is 0 Å². The molecule has 2 heterocycles. The van der Waals surface area contributed by atoms with E-state index in [2.05, 4.69) is 111 Å². The molecule has 0 saturated carbocycles. The van der Waals surface area contributed by atoms with Crippen LogP contribution in [0, 0.1) is 13.8 Å². The first kappa shape index (κ1) is 20.0. The first-order valence-electron chi connectivity index (χ1n) is 11.6. The van der Waals surface area contributed by atoms with Gasteiger partial charge in [-0.15, -0.1) is 22.7 Å². The van der Waals surface area contributed by atoms with E-state index in [1.165, 1.54) is 73.7 Å². The van der Waals surface area contributed by atoms with E-state index < -0.39 is 0 Å². The fourth-order valence-electron chi connectivity index (χ4n) is 5.16. The largest absolute Gasteiger partial charge is 0.135 e. The number of rotatable bonds is 2. The molecule has 0 aliphatic carbocycles. The minimum absolute atomic E-state index is 1.31. The van der Waals surface area contributed by atoms with Crippen LogP contribution in [0.1, 0.15) is 11.1 Å². The van der Waals surface area contributed by atoms with Crippen molar-refractivity contribution in [2.24, 2.45) is 0 Å². The molecule has 0 nitrogen and oxygen atoms in total. The zero-order chi connectivity index (χ0) is 22.8. The molecule has 0 atom stereocenters. The number of thiophene rings is 2. The molecule has 7 aromatic rings. The van der Waals surface area contributed by atoms with Crippen LogP contribution >= 0.6 is 22.7 Å². The summed E-state index contributed by atoms with van der Waals surface area (Å²) in [5.74, 6) is 0. The Hall–Kier alpha value is -3.46. The Labute approximate surface area is 206 Å². The molecule has 0 N–H and O–H groups in total. The van der Waals surface area contributed by atoms with Crippen LogP contribution in [0.4, 0.5) is 0 Å². The van der Waals surface area contributed by atoms with Crippen LogP contribution in [0.15, 0.2) is 97.1 Å². The van der Waals surface area contributed by atoms with Gasteiger partial charge in [-0.3, -0.25) is 0 Å². The summed E-state index contributed by atoms with van der Waals surface area (Å²) in [6.07, 6.45) is 0. The lowest BCUT2D eigenvalue weighted by molar-refractivity contribution is 1.57. The van der Waals surface area contributed by atoms with Crippen molar-refractivity contribution in [3.63, 3.8) is 0 Å². The molecule has 5 aromatic carbocycles. The highest BCUT2D eigenvalue weighted by atomic mass is 32.1. The van der Waals surface area contributed by atoms with E-state index in [-0.39, 0.29) is 0 Å². The van der Waals surface area contributed by atoms with Crippen molar-refractivity contribution in [1.82, 2.24) is 0 Å². The lowest BCUT2D eigenvalue weighted by Crippen LogP contribution is -1.79. The number of fused-ring (bicyclic) bond motifs is 4. The Morgan fingerprint density at radius 3 is 1.24 bits per heavy atom. The summed E-state index contributed by atoms with van der Waals surface area (Å²) in [4.78, 5) is 2.75. The molecule has 0 bridgehead atoms. The Balaban J connectivity index is 1.44. The summed E-state index contributed by atoms with van der Waals surface area (Å²) in [6.45, 7) is 4.52. The number of aryl methyl sites for hydroxylation is 2. The Morgan fingerprint density at radius 1 is 0.441 bits per heavy atom. The smallest absolute Gasteiger partial charge is 0.0384 e. The second kappa shape index (κ2) is 7.53. The third-order valence-corrected chi connectivity index (χ3v) is 9.59. The molecular weight excluding hydrogens is 448 g/mol. The highest BCUT2D eigenvalue weighted by Gasteiger charge is 2.14. The van der Waals surface area contributed by atoms with Gasteiger partial charge in [0.05, 0.1) is 0 Å². The zero-order valence-electron chi connectivity index (χ0n) is 19.1. The molecule has 2 heteroatoms. The fourth-order valence-corrected chi connectivity index (χ4v) is 7.65. The average molecular weight is 471 g/mol. The van der Waals surface area contributed by atoms with E-state index in [0.717, 1.165) is 0 Å². The van der Waals surface area contributed by atoms with Crippen LogP contribution < -0.4 is 0 Å². The summed E-state index contributed by atoms with van der Waals surface area (Å²) in [5, 5.41) is 8.01. The van der Waals surface area contributed by atoms with Crippen molar-refractivity contribution in [3.05, 3.63) is 108 Å². The number of benzene rings is 5. The van der Waals surface area contributed by atoms with Gasteiger partial charge in [-0.2, -0.15) is 0 Å². The summed E-state index contributed by atoms with van der Waals surface area (Å²) in [6, 6.07) is 35.8. The maximum Gasteiger partial charge on any atom is 0.0384 e. The minimum atomic E-state index is 1.31. The molecule has 7 rings (SSSR count). The first-order chi connectivity index (χ1) is 16.7. The van der Waals surface area contributed by atoms with Gasteiger partial charge < -0.3 is 0 Å². The van der Waals surface area contributed by atoms with Crippen molar-refractivity contribution in [2.45, 2.75) is 13.8 Å². The van der Waals surface area contributed by atoms with Crippen LogP contribution in [0.2, 0.25) is 0 Å². The minimum Gasteiger partial charge on any atom is -0.135 e. The summed E-state index contributed by atoms with van der Waals surface area (Å²) >= 11 is 3.81. The van der Waals surface area contributed by atoms with Crippen molar-refractivity contribution in [1.29, 1.82) is 0 Å². The van der Waals surface area contributed by atoms with Crippen LogP contribution in [-0.2, 0) is 0 Å². The standard InChI is InChI=1S/C32H22S2/c1-19-27-15-23-13-26-18-30-28(20(2)32(34-30)22-11-7-4-8-12-22)16-24(26)14-25(23)17-29(27)33-31(19)21-9-5-3-6-10-21/h3-18H,1-2H3. The monoisotopic (exact) mass is 470 g/mol. The molecule has 162 valence electrons. The predicted octanol–water partition coefficient (Wildman–Crippen LogP) is 10.4. The highest BCUT2D eigenvalue weighted by Crippen LogP contribution is 2.43. The van der Waals surface area contributed by atoms with Gasteiger partial charge in [0, 0.05) is 19.2 Å². The van der Waals surface area contributed by atoms with Crippen LogP contribution in [-0.4, -0.2) is 0 Å². The summed E-state index contributed by atoms with van der Waals surface area (Å²) in [7, 11) is 0. The number of hydrogen-bond donors (Lipinski definition) is 0. The molecule has 0 unspecified atom stereocenters. The fraction of sp³-hybridized carbons (Fsp3) is 0.0625. The zero-order valence-corrected chi connectivity index (χ0v) is 20.7. The molecule has 0 saturated heterocycles. The van der Waals surface area contributed by atoms with E-state index >= 15 is 0 Å². The normalized spacial score (nSPS) is 11.8. The van der Waals surface area contributed by atoms with Gasteiger partial charge in [0.25, 0.3) is 0 Å². The SMILES string of the molecule is Cc1c(-c2ccccc2)sc2cc3cc4cc5c(C)c(-c6ccccc6)sc5cc4cc3cc12. The van der Waals surface area contributed by atoms with E-state index in [0.29, 0.717) is 0 Å². The lowest BCUT2D eigenvalue weighted by atomic mass is 9.98. The molecular formula is C32H22S2. The van der Waals surface area contributed by atoms with Gasteiger partial charge >= 0.3 is 0 Å². The van der Waals surface area contributed by atoms with E-state index in [1.54, 1.807) is 0 Å². The van der Waals surface area contributed by atoms with Gasteiger partial charge in [0.1, 0.15) is 0 Å². The predicted molar refractivity (Wildman–Crippen MR) is 153 cm³/mol. The Morgan fingerprint density at radius 2 is 0.824 bits per heavy atom. The Bertz CT molecular complexity index is 1710. The van der Waals surface area contributed by atoms with Gasteiger partial charge in [0.15, 0.2) is 0 Å². The van der Waals surface area contributed by atoms with Crippen LogP contribution in [0.5, 0.6) is 0 Å². The van der Waals surface area contributed by atoms with Crippen LogP contribution in [0.3, 0.4) is 0 Å². The van der Waals surface area contributed by atoms with E-state index in [1.807, 2.05) is 22.7 Å². The average Bonchev–Trinajstić information content (AvgIpc) is 3.37. The molecule has 2 aromatic heterocycles. The second-order valence-corrected chi connectivity index (χ2v) is 11.2. The summed E-state index contributed by atoms with van der Waals surface area (Å²) < 4.78 is 2.73. The lowest BCUT2D eigenvalue weighted by Gasteiger charge is -2.05. The third kappa shape index (κ3) is 3.03. The maximum absolute atomic E-state index is 2.39.